The van der Waals surface area contributed by atoms with Gasteiger partial charge in [-0.3, -0.25) is 0 Å². The molecule has 1 aliphatic rings. The van der Waals surface area contributed by atoms with Gasteiger partial charge in [-0.15, -0.1) is 0 Å². The van der Waals surface area contributed by atoms with Gasteiger partial charge >= 0.3 is 0 Å². The maximum absolute atomic E-state index is 6.23. The highest BCUT2D eigenvalue weighted by atomic mass is 79.9. The number of morpholine rings is 1. The van der Waals surface area contributed by atoms with Crippen LogP contribution in [0.25, 0.3) is 0 Å². The molecule has 0 aromatic heterocycles. The maximum atomic E-state index is 6.23. The zero-order chi connectivity index (χ0) is 12.5. The normalized spacial score (nSPS) is 19.4. The number of hydrogen-bond donors (Lipinski definition) is 0. The first-order valence-corrected chi connectivity index (χ1v) is 7.25. The Morgan fingerprint density at radius 2 is 2.24 bits per heavy atom. The summed E-state index contributed by atoms with van der Waals surface area (Å²) >= 11 is 9.66. The fourth-order valence-corrected chi connectivity index (χ4v) is 2.97. The Kier molecular flexibility index (Phi) is 4.01. The van der Waals surface area contributed by atoms with Gasteiger partial charge in [0, 0.05) is 29.1 Å². The summed E-state index contributed by atoms with van der Waals surface area (Å²) in [6, 6.07) is 6.25. The monoisotopic (exact) mass is 317 g/mol. The van der Waals surface area contributed by atoms with Crippen LogP contribution in [0.15, 0.2) is 18.2 Å². The van der Waals surface area contributed by atoms with Gasteiger partial charge in [-0.1, -0.05) is 33.6 Å². The van der Waals surface area contributed by atoms with Gasteiger partial charge in [0.15, 0.2) is 0 Å². The van der Waals surface area contributed by atoms with Gasteiger partial charge in [0.05, 0.1) is 12.2 Å². The first-order valence-electron chi connectivity index (χ1n) is 5.75. The van der Waals surface area contributed by atoms with Crippen LogP contribution in [0.1, 0.15) is 19.4 Å². The number of alkyl halides is 1. The van der Waals surface area contributed by atoms with Crippen LogP contribution >= 0.6 is 27.5 Å². The quantitative estimate of drug-likeness (QED) is 0.768. The highest BCUT2D eigenvalue weighted by Gasteiger charge is 2.27. The van der Waals surface area contributed by atoms with Crippen molar-refractivity contribution < 1.29 is 4.74 Å². The van der Waals surface area contributed by atoms with Crippen LogP contribution in [0.4, 0.5) is 5.69 Å². The SMILES string of the molecule is CC1(C)CN(c2ccc(CBr)c(Cl)c2)CCO1. The van der Waals surface area contributed by atoms with E-state index in [4.69, 9.17) is 16.3 Å². The molecule has 1 aromatic carbocycles. The van der Waals surface area contributed by atoms with Crippen molar-refractivity contribution in [2.75, 3.05) is 24.6 Å². The summed E-state index contributed by atoms with van der Waals surface area (Å²) in [5, 5.41) is 1.62. The van der Waals surface area contributed by atoms with Crippen LogP contribution in [0.2, 0.25) is 5.02 Å². The molecule has 0 saturated carbocycles. The molecule has 1 saturated heterocycles. The lowest BCUT2D eigenvalue weighted by Crippen LogP contribution is -2.48. The van der Waals surface area contributed by atoms with Crippen LogP contribution < -0.4 is 4.90 Å². The van der Waals surface area contributed by atoms with Crippen molar-refractivity contribution in [1.82, 2.24) is 0 Å². The second-order valence-electron chi connectivity index (χ2n) is 4.94. The van der Waals surface area contributed by atoms with E-state index in [2.05, 4.69) is 46.8 Å². The molecule has 0 radical (unpaired) electrons. The minimum Gasteiger partial charge on any atom is -0.372 e. The lowest BCUT2D eigenvalue weighted by molar-refractivity contribution is -0.0276. The van der Waals surface area contributed by atoms with E-state index in [9.17, 15) is 0 Å². The summed E-state index contributed by atoms with van der Waals surface area (Å²) in [5.41, 5.74) is 2.22. The number of halogens is 2. The molecule has 0 unspecified atom stereocenters. The van der Waals surface area contributed by atoms with E-state index < -0.39 is 0 Å². The average Bonchev–Trinajstić information content (AvgIpc) is 2.27. The highest BCUT2D eigenvalue weighted by Crippen LogP contribution is 2.28. The van der Waals surface area contributed by atoms with E-state index in [1.807, 2.05) is 6.07 Å². The summed E-state index contributed by atoms with van der Waals surface area (Å²) in [7, 11) is 0. The molecule has 1 heterocycles. The van der Waals surface area contributed by atoms with Gasteiger partial charge in [-0.2, -0.15) is 0 Å². The summed E-state index contributed by atoms with van der Waals surface area (Å²) in [4.78, 5) is 2.33. The molecule has 0 N–H and O–H groups in total. The topological polar surface area (TPSA) is 12.5 Å². The van der Waals surface area contributed by atoms with E-state index in [0.717, 1.165) is 35.6 Å². The van der Waals surface area contributed by atoms with Crippen LogP contribution in [0, 0.1) is 0 Å². The fourth-order valence-electron chi connectivity index (χ4n) is 2.08. The molecule has 1 fully saturated rings. The summed E-state index contributed by atoms with van der Waals surface area (Å²) in [5.74, 6) is 0. The smallest absolute Gasteiger partial charge is 0.0801 e. The average molecular weight is 319 g/mol. The van der Waals surface area contributed by atoms with Crippen molar-refractivity contribution in [2.24, 2.45) is 0 Å². The molecule has 1 aliphatic heterocycles. The Labute approximate surface area is 116 Å². The third kappa shape index (κ3) is 3.15. The Hall–Kier alpha value is -0.250. The maximum Gasteiger partial charge on any atom is 0.0801 e. The van der Waals surface area contributed by atoms with Crippen molar-refractivity contribution in [3.8, 4) is 0 Å². The fraction of sp³-hybridized carbons (Fsp3) is 0.538. The van der Waals surface area contributed by atoms with E-state index >= 15 is 0 Å². The van der Waals surface area contributed by atoms with Crippen molar-refractivity contribution in [3.05, 3.63) is 28.8 Å². The number of anilines is 1. The van der Waals surface area contributed by atoms with E-state index in [1.54, 1.807) is 0 Å². The van der Waals surface area contributed by atoms with Crippen LogP contribution in [-0.4, -0.2) is 25.3 Å². The zero-order valence-corrected chi connectivity index (χ0v) is 12.5. The third-order valence-electron chi connectivity index (χ3n) is 2.97. The Morgan fingerprint density at radius 1 is 1.47 bits per heavy atom. The number of nitrogens with zero attached hydrogens (tertiary/aromatic N) is 1. The van der Waals surface area contributed by atoms with Crippen LogP contribution in [0.3, 0.4) is 0 Å². The molecule has 2 rings (SSSR count). The van der Waals surface area contributed by atoms with Gasteiger partial charge in [0.2, 0.25) is 0 Å². The predicted octanol–water partition coefficient (Wildman–Crippen LogP) is 3.85. The molecule has 4 heteroatoms. The second-order valence-corrected chi connectivity index (χ2v) is 5.91. The first-order chi connectivity index (χ1) is 8.02. The molecule has 0 aliphatic carbocycles. The molecule has 0 bridgehead atoms. The largest absolute Gasteiger partial charge is 0.372 e. The Balaban J connectivity index is 2.19. The van der Waals surface area contributed by atoms with Crippen molar-refractivity contribution in [2.45, 2.75) is 24.8 Å². The van der Waals surface area contributed by atoms with E-state index in [1.165, 1.54) is 5.69 Å². The van der Waals surface area contributed by atoms with E-state index in [0.29, 0.717) is 0 Å². The molecule has 0 amide bonds. The van der Waals surface area contributed by atoms with Gasteiger partial charge in [0.1, 0.15) is 0 Å². The van der Waals surface area contributed by atoms with Crippen molar-refractivity contribution in [3.63, 3.8) is 0 Å². The van der Waals surface area contributed by atoms with E-state index in [-0.39, 0.29) is 5.60 Å². The van der Waals surface area contributed by atoms with Crippen LogP contribution in [-0.2, 0) is 10.1 Å². The predicted molar refractivity (Wildman–Crippen MR) is 76.3 cm³/mol. The number of ether oxygens (including phenoxy) is 1. The van der Waals surface area contributed by atoms with Gasteiger partial charge < -0.3 is 9.64 Å². The minimum atomic E-state index is -0.0845. The highest BCUT2D eigenvalue weighted by molar-refractivity contribution is 9.08. The number of benzene rings is 1. The number of rotatable bonds is 2. The third-order valence-corrected chi connectivity index (χ3v) is 3.93. The molecule has 0 spiro atoms. The molecule has 17 heavy (non-hydrogen) atoms. The summed E-state index contributed by atoms with van der Waals surface area (Å²) in [6.07, 6.45) is 0. The van der Waals surface area contributed by atoms with Crippen LogP contribution in [0.5, 0.6) is 0 Å². The zero-order valence-electron chi connectivity index (χ0n) is 10.2. The minimum absolute atomic E-state index is 0.0845. The molecular formula is C13H17BrClNO. The van der Waals surface area contributed by atoms with Crippen molar-refractivity contribution in [1.29, 1.82) is 0 Å². The number of hydrogen-bond acceptors (Lipinski definition) is 2. The van der Waals surface area contributed by atoms with Crippen molar-refractivity contribution >= 4 is 33.2 Å². The Bertz CT molecular complexity index is 408. The Morgan fingerprint density at radius 3 is 2.82 bits per heavy atom. The summed E-state index contributed by atoms with van der Waals surface area (Å²) < 4.78 is 5.71. The molecular weight excluding hydrogens is 302 g/mol. The van der Waals surface area contributed by atoms with Gasteiger partial charge in [-0.25, -0.2) is 0 Å². The van der Waals surface area contributed by atoms with Gasteiger partial charge in [0.25, 0.3) is 0 Å². The molecule has 2 nitrogen and oxygen atoms in total. The standard InChI is InChI=1S/C13H17BrClNO/c1-13(2)9-16(5-6-17-13)11-4-3-10(8-14)12(15)7-11/h3-4,7H,5-6,8-9H2,1-2H3. The van der Waals surface area contributed by atoms with Gasteiger partial charge in [-0.05, 0) is 31.5 Å². The first kappa shape index (κ1) is 13.2. The molecule has 1 aromatic rings. The lowest BCUT2D eigenvalue weighted by Gasteiger charge is -2.39. The second kappa shape index (κ2) is 5.17. The lowest BCUT2D eigenvalue weighted by atomic mass is 10.1. The molecule has 94 valence electrons. The molecule has 0 atom stereocenters. The summed E-state index contributed by atoms with van der Waals surface area (Å²) in [6.45, 7) is 6.83.